The molecule has 0 unspecified atom stereocenters. The maximum Gasteiger partial charge on any atom is 0.345 e. The van der Waals surface area contributed by atoms with Crippen LogP contribution in [-0.4, -0.2) is 10.1 Å². The first kappa shape index (κ1) is 10.2. The van der Waals surface area contributed by atoms with Gasteiger partial charge in [-0.2, -0.15) is 4.98 Å². The fourth-order valence-corrected chi connectivity index (χ4v) is 1.08. The molecule has 5 heteroatoms. The number of rotatable bonds is 2. The number of nitrogens with zero attached hydrogens (tertiary/aromatic N) is 1. The summed E-state index contributed by atoms with van der Waals surface area (Å²) < 4.78 is 9.87. The molecule has 0 atom stereocenters. The molecule has 0 aliphatic heterocycles. The van der Waals surface area contributed by atoms with E-state index < -0.39 is 5.63 Å². The molecule has 0 aliphatic carbocycles. The van der Waals surface area contributed by atoms with E-state index in [1.165, 1.54) is 19.3 Å². The zero-order chi connectivity index (χ0) is 11.5. The van der Waals surface area contributed by atoms with Crippen LogP contribution in [0.4, 0.5) is 0 Å². The summed E-state index contributed by atoms with van der Waals surface area (Å²) in [6.45, 7) is 1.44. The van der Waals surface area contributed by atoms with Crippen molar-refractivity contribution in [2.75, 3.05) is 0 Å². The van der Waals surface area contributed by atoms with Gasteiger partial charge in [-0.1, -0.05) is 0 Å². The van der Waals surface area contributed by atoms with Crippen molar-refractivity contribution in [3.8, 4) is 5.88 Å². The molecular weight excluding hydrogens is 210 g/mol. The smallest absolute Gasteiger partial charge is 0.345 e. The van der Waals surface area contributed by atoms with Gasteiger partial charge in [-0.25, -0.2) is 4.79 Å². The van der Waals surface area contributed by atoms with Crippen molar-refractivity contribution in [2.24, 2.45) is 0 Å². The lowest BCUT2D eigenvalue weighted by Crippen LogP contribution is -2.05. The third-order valence-corrected chi connectivity index (χ3v) is 1.99. The molecule has 5 nitrogen and oxygen atoms in total. The van der Waals surface area contributed by atoms with Gasteiger partial charge in [0.15, 0.2) is 0 Å². The summed E-state index contributed by atoms with van der Waals surface area (Å²) in [6, 6.07) is 3.47. The van der Waals surface area contributed by atoms with E-state index in [1.807, 2.05) is 0 Å². The van der Waals surface area contributed by atoms with Crippen molar-refractivity contribution in [3.05, 3.63) is 46.0 Å². The van der Waals surface area contributed by atoms with Crippen LogP contribution >= 0.6 is 0 Å². The summed E-state index contributed by atoms with van der Waals surface area (Å²) in [5.74, 6) is 0.310. The zero-order valence-electron chi connectivity index (χ0n) is 8.51. The molecule has 16 heavy (non-hydrogen) atoms. The molecular formula is C11H9NO4. The van der Waals surface area contributed by atoms with E-state index in [-0.39, 0.29) is 17.3 Å². The SMILES string of the molecule is Cc1c(O)nc(C=Cc2ccco2)oc1=O. The quantitative estimate of drug-likeness (QED) is 0.833. The summed E-state index contributed by atoms with van der Waals surface area (Å²) >= 11 is 0. The van der Waals surface area contributed by atoms with Crippen LogP contribution in [0, 0.1) is 6.92 Å². The van der Waals surface area contributed by atoms with E-state index in [0.29, 0.717) is 5.76 Å². The lowest BCUT2D eigenvalue weighted by atomic mass is 10.3. The van der Waals surface area contributed by atoms with Crippen LogP contribution in [0.3, 0.4) is 0 Å². The molecule has 2 rings (SSSR count). The largest absolute Gasteiger partial charge is 0.493 e. The Morgan fingerprint density at radius 1 is 1.44 bits per heavy atom. The standard InChI is InChI=1S/C11H9NO4/c1-7-10(13)12-9(16-11(7)14)5-4-8-3-2-6-15-8/h2-6,13H,1H3. The summed E-state index contributed by atoms with van der Waals surface area (Å²) in [6.07, 6.45) is 4.55. The van der Waals surface area contributed by atoms with Crippen LogP contribution < -0.4 is 5.63 Å². The molecule has 0 spiro atoms. The number of aromatic hydroxyl groups is 1. The van der Waals surface area contributed by atoms with E-state index >= 15 is 0 Å². The number of hydrogen-bond donors (Lipinski definition) is 1. The van der Waals surface area contributed by atoms with Gasteiger partial charge < -0.3 is 13.9 Å². The number of furan rings is 1. The Labute approximate surface area is 90.7 Å². The number of hydrogen-bond acceptors (Lipinski definition) is 5. The molecule has 0 aliphatic rings. The highest BCUT2D eigenvalue weighted by molar-refractivity contribution is 5.63. The second-order valence-corrected chi connectivity index (χ2v) is 3.14. The van der Waals surface area contributed by atoms with Crippen molar-refractivity contribution in [1.82, 2.24) is 4.98 Å². The summed E-state index contributed by atoms with van der Waals surface area (Å²) in [7, 11) is 0. The first-order valence-electron chi connectivity index (χ1n) is 4.59. The van der Waals surface area contributed by atoms with Crippen LogP contribution in [-0.2, 0) is 0 Å². The lowest BCUT2D eigenvalue weighted by molar-refractivity contribution is 0.402. The second-order valence-electron chi connectivity index (χ2n) is 3.14. The highest BCUT2D eigenvalue weighted by Crippen LogP contribution is 2.11. The Morgan fingerprint density at radius 2 is 2.25 bits per heavy atom. The average molecular weight is 219 g/mol. The van der Waals surface area contributed by atoms with E-state index in [2.05, 4.69) is 4.98 Å². The van der Waals surface area contributed by atoms with Crippen molar-refractivity contribution in [3.63, 3.8) is 0 Å². The van der Waals surface area contributed by atoms with E-state index in [1.54, 1.807) is 18.2 Å². The van der Waals surface area contributed by atoms with Gasteiger partial charge in [0.25, 0.3) is 0 Å². The Balaban J connectivity index is 2.33. The molecule has 0 aromatic carbocycles. The maximum absolute atomic E-state index is 11.2. The van der Waals surface area contributed by atoms with E-state index in [9.17, 15) is 9.90 Å². The van der Waals surface area contributed by atoms with Gasteiger partial charge in [-0.3, -0.25) is 0 Å². The molecule has 82 valence electrons. The van der Waals surface area contributed by atoms with Gasteiger partial charge >= 0.3 is 5.63 Å². The molecule has 0 saturated carbocycles. The first-order valence-corrected chi connectivity index (χ1v) is 4.59. The Bertz CT molecular complexity index is 566. The highest BCUT2D eigenvalue weighted by atomic mass is 16.4. The van der Waals surface area contributed by atoms with Gasteiger partial charge in [0.05, 0.1) is 11.8 Å². The maximum atomic E-state index is 11.2. The lowest BCUT2D eigenvalue weighted by Gasteiger charge is -1.96. The van der Waals surface area contributed by atoms with Gasteiger partial charge in [0.2, 0.25) is 11.8 Å². The second kappa shape index (κ2) is 4.06. The minimum Gasteiger partial charge on any atom is -0.493 e. The highest BCUT2D eigenvalue weighted by Gasteiger charge is 2.05. The molecule has 0 radical (unpaired) electrons. The predicted molar refractivity (Wildman–Crippen MR) is 56.8 cm³/mol. The van der Waals surface area contributed by atoms with Crippen LogP contribution in [0.15, 0.2) is 32.0 Å². The summed E-state index contributed by atoms with van der Waals surface area (Å²) in [4.78, 5) is 14.9. The molecule has 0 saturated heterocycles. The summed E-state index contributed by atoms with van der Waals surface area (Å²) in [5.41, 5.74) is -0.512. The first-order chi connectivity index (χ1) is 7.66. The Morgan fingerprint density at radius 3 is 2.88 bits per heavy atom. The summed E-state index contributed by atoms with van der Waals surface area (Å²) in [5, 5.41) is 9.31. The Kier molecular flexibility index (Phi) is 2.59. The third kappa shape index (κ3) is 2.03. The molecule has 1 N–H and O–H groups in total. The van der Waals surface area contributed by atoms with Gasteiger partial charge in [-0.15, -0.1) is 0 Å². The minimum absolute atomic E-state index is 0.0319. The van der Waals surface area contributed by atoms with Crippen molar-refractivity contribution >= 4 is 12.2 Å². The number of aromatic nitrogens is 1. The van der Waals surface area contributed by atoms with Gasteiger partial charge in [0.1, 0.15) is 5.76 Å². The monoisotopic (exact) mass is 219 g/mol. The van der Waals surface area contributed by atoms with E-state index in [4.69, 9.17) is 8.83 Å². The fraction of sp³-hybridized carbons (Fsp3) is 0.0909. The van der Waals surface area contributed by atoms with Crippen LogP contribution in [0.5, 0.6) is 5.88 Å². The van der Waals surface area contributed by atoms with Gasteiger partial charge in [0, 0.05) is 6.08 Å². The molecule has 2 heterocycles. The molecule has 0 bridgehead atoms. The van der Waals surface area contributed by atoms with Crippen molar-refractivity contribution in [2.45, 2.75) is 6.92 Å². The molecule has 2 aromatic heterocycles. The molecule has 2 aromatic rings. The predicted octanol–water partition coefficient (Wildman–Crippen LogP) is 1.81. The van der Waals surface area contributed by atoms with E-state index in [0.717, 1.165) is 0 Å². The minimum atomic E-state index is -0.605. The van der Waals surface area contributed by atoms with Gasteiger partial charge in [-0.05, 0) is 25.1 Å². The zero-order valence-corrected chi connectivity index (χ0v) is 8.51. The molecule has 0 fully saturated rings. The molecule has 0 amide bonds. The van der Waals surface area contributed by atoms with Crippen molar-refractivity contribution in [1.29, 1.82) is 0 Å². The van der Waals surface area contributed by atoms with Crippen molar-refractivity contribution < 1.29 is 13.9 Å². The van der Waals surface area contributed by atoms with Crippen LogP contribution in [0.2, 0.25) is 0 Å². The topological polar surface area (TPSA) is 76.5 Å². The average Bonchev–Trinajstić information content (AvgIpc) is 2.75. The third-order valence-electron chi connectivity index (χ3n) is 1.99. The van der Waals surface area contributed by atoms with Crippen LogP contribution in [0.1, 0.15) is 17.2 Å². The normalized spacial score (nSPS) is 11.1. The Hall–Kier alpha value is -2.30. The fourth-order valence-electron chi connectivity index (χ4n) is 1.08. The van der Waals surface area contributed by atoms with Crippen LogP contribution in [0.25, 0.3) is 12.2 Å².